The molecule has 0 aliphatic carbocycles. The minimum absolute atomic E-state index is 0.160. The monoisotopic (exact) mass is 336 g/mol. The molecule has 2 N–H and O–H groups in total. The minimum atomic E-state index is -0.559. The quantitative estimate of drug-likeness (QED) is 0.608. The summed E-state index contributed by atoms with van der Waals surface area (Å²) in [5.74, 6) is -0.559. The molecule has 4 rings (SSSR count). The number of aromatic nitrogens is 3. The standard InChI is InChI=1S/C17H12N4O2S/c1-9-2-4-11(5-3-9)21-8-20-13-12-6-10(15(18)22)7-19-16(12)24-14(13)17(21)23/h2-8H,1H3,(H2,18,22). The fourth-order valence-electron chi connectivity index (χ4n) is 2.54. The molecule has 6 nitrogen and oxygen atoms in total. The molecular weight excluding hydrogens is 324 g/mol. The molecule has 0 bridgehead atoms. The van der Waals surface area contributed by atoms with E-state index in [1.54, 1.807) is 6.07 Å². The van der Waals surface area contributed by atoms with Crippen molar-refractivity contribution in [2.45, 2.75) is 6.92 Å². The highest BCUT2D eigenvalue weighted by atomic mass is 32.1. The maximum absolute atomic E-state index is 12.8. The van der Waals surface area contributed by atoms with E-state index >= 15 is 0 Å². The lowest BCUT2D eigenvalue weighted by atomic mass is 10.2. The van der Waals surface area contributed by atoms with Crippen LogP contribution in [0.3, 0.4) is 0 Å². The number of carbonyl (C=O) groups excluding carboxylic acids is 1. The number of pyridine rings is 1. The molecule has 0 spiro atoms. The van der Waals surface area contributed by atoms with Crippen molar-refractivity contribution >= 4 is 37.7 Å². The van der Waals surface area contributed by atoms with E-state index in [2.05, 4.69) is 9.97 Å². The van der Waals surface area contributed by atoms with Crippen molar-refractivity contribution in [3.63, 3.8) is 0 Å². The van der Waals surface area contributed by atoms with E-state index < -0.39 is 5.91 Å². The van der Waals surface area contributed by atoms with Crippen LogP contribution in [0.1, 0.15) is 15.9 Å². The van der Waals surface area contributed by atoms with E-state index in [-0.39, 0.29) is 5.56 Å². The zero-order valence-electron chi connectivity index (χ0n) is 12.7. The average molecular weight is 336 g/mol. The van der Waals surface area contributed by atoms with Gasteiger partial charge in [-0.25, -0.2) is 9.97 Å². The maximum Gasteiger partial charge on any atom is 0.275 e. The summed E-state index contributed by atoms with van der Waals surface area (Å²) in [5, 5.41) is 0.666. The SMILES string of the molecule is Cc1ccc(-n2cnc3c(sc4ncc(C(N)=O)cc43)c2=O)cc1. The van der Waals surface area contributed by atoms with E-state index in [1.807, 2.05) is 31.2 Å². The van der Waals surface area contributed by atoms with Gasteiger partial charge in [0.1, 0.15) is 15.9 Å². The molecule has 7 heteroatoms. The zero-order valence-corrected chi connectivity index (χ0v) is 13.5. The van der Waals surface area contributed by atoms with Gasteiger partial charge in [0.2, 0.25) is 5.91 Å². The van der Waals surface area contributed by atoms with E-state index in [9.17, 15) is 9.59 Å². The Balaban J connectivity index is 1.99. The smallest absolute Gasteiger partial charge is 0.275 e. The third-order valence-corrected chi connectivity index (χ3v) is 4.92. The fraction of sp³-hybridized carbons (Fsp3) is 0.0588. The van der Waals surface area contributed by atoms with Crippen LogP contribution in [0.5, 0.6) is 0 Å². The molecule has 0 fully saturated rings. The number of nitrogens with zero attached hydrogens (tertiary/aromatic N) is 3. The summed E-state index contributed by atoms with van der Waals surface area (Å²) in [4.78, 5) is 33.4. The number of carbonyl (C=O) groups is 1. The number of fused-ring (bicyclic) bond motifs is 3. The summed E-state index contributed by atoms with van der Waals surface area (Å²) in [6.45, 7) is 1.99. The molecule has 0 unspecified atom stereocenters. The molecule has 3 aromatic heterocycles. The topological polar surface area (TPSA) is 90.9 Å². The molecule has 4 aromatic rings. The normalized spacial score (nSPS) is 11.2. The molecule has 118 valence electrons. The van der Waals surface area contributed by atoms with Crippen molar-refractivity contribution in [3.8, 4) is 5.69 Å². The van der Waals surface area contributed by atoms with E-state index in [4.69, 9.17) is 5.73 Å². The fourth-order valence-corrected chi connectivity index (χ4v) is 3.55. The highest BCUT2D eigenvalue weighted by molar-refractivity contribution is 7.25. The molecule has 1 amide bonds. The van der Waals surface area contributed by atoms with Gasteiger partial charge in [0.05, 0.1) is 16.8 Å². The molecule has 0 radical (unpaired) electrons. The van der Waals surface area contributed by atoms with Crippen LogP contribution < -0.4 is 11.3 Å². The highest BCUT2D eigenvalue weighted by Crippen LogP contribution is 2.29. The second kappa shape index (κ2) is 5.24. The third kappa shape index (κ3) is 2.17. The summed E-state index contributed by atoms with van der Waals surface area (Å²) in [6.07, 6.45) is 2.91. The van der Waals surface area contributed by atoms with Gasteiger partial charge in [-0.2, -0.15) is 0 Å². The van der Waals surface area contributed by atoms with E-state index in [1.165, 1.54) is 28.4 Å². The van der Waals surface area contributed by atoms with Crippen LogP contribution in [0.2, 0.25) is 0 Å². The Labute approximate surface area is 140 Å². The summed E-state index contributed by atoms with van der Waals surface area (Å²) in [5.41, 5.74) is 7.85. The largest absolute Gasteiger partial charge is 0.366 e. The first-order valence-corrected chi connectivity index (χ1v) is 8.03. The predicted molar refractivity (Wildman–Crippen MR) is 93.8 cm³/mol. The molecule has 0 aliphatic rings. The Morgan fingerprint density at radius 2 is 1.96 bits per heavy atom. The Morgan fingerprint density at radius 3 is 2.67 bits per heavy atom. The molecule has 0 atom stereocenters. The Morgan fingerprint density at radius 1 is 1.21 bits per heavy atom. The molecular formula is C17H12N4O2S. The Bertz CT molecular complexity index is 1160. The highest BCUT2D eigenvalue weighted by Gasteiger charge is 2.14. The first-order valence-electron chi connectivity index (χ1n) is 7.21. The average Bonchev–Trinajstić information content (AvgIpc) is 2.95. The molecule has 0 saturated carbocycles. The maximum atomic E-state index is 12.8. The van der Waals surface area contributed by atoms with Gasteiger partial charge in [-0.1, -0.05) is 17.7 Å². The molecule has 1 aromatic carbocycles. The van der Waals surface area contributed by atoms with Crippen molar-refractivity contribution in [2.75, 3.05) is 0 Å². The molecule has 0 saturated heterocycles. The van der Waals surface area contributed by atoms with Gasteiger partial charge in [0, 0.05) is 11.6 Å². The van der Waals surface area contributed by atoms with Crippen LogP contribution in [0.4, 0.5) is 0 Å². The van der Waals surface area contributed by atoms with Crippen molar-refractivity contribution in [2.24, 2.45) is 5.73 Å². The number of benzene rings is 1. The van der Waals surface area contributed by atoms with Crippen LogP contribution >= 0.6 is 11.3 Å². The summed E-state index contributed by atoms with van der Waals surface area (Å²) < 4.78 is 2.01. The van der Waals surface area contributed by atoms with Crippen molar-refractivity contribution in [3.05, 3.63) is 64.3 Å². The van der Waals surface area contributed by atoms with Gasteiger partial charge in [0.15, 0.2) is 0 Å². The second-order valence-corrected chi connectivity index (χ2v) is 6.48. The van der Waals surface area contributed by atoms with Gasteiger partial charge >= 0.3 is 0 Å². The number of primary amides is 1. The summed E-state index contributed by atoms with van der Waals surface area (Å²) in [7, 11) is 0. The Hall–Kier alpha value is -3.06. The summed E-state index contributed by atoms with van der Waals surface area (Å²) in [6, 6.07) is 9.27. The lowest BCUT2D eigenvalue weighted by Crippen LogP contribution is -2.17. The number of thiophene rings is 1. The van der Waals surface area contributed by atoms with Crippen LogP contribution in [-0.4, -0.2) is 20.4 Å². The zero-order chi connectivity index (χ0) is 16.8. The first kappa shape index (κ1) is 14.5. The van der Waals surface area contributed by atoms with Crippen molar-refractivity contribution in [1.29, 1.82) is 0 Å². The van der Waals surface area contributed by atoms with Crippen LogP contribution in [0.15, 0.2) is 47.7 Å². The lowest BCUT2D eigenvalue weighted by Gasteiger charge is -2.05. The van der Waals surface area contributed by atoms with E-state index in [0.29, 0.717) is 26.0 Å². The van der Waals surface area contributed by atoms with Gasteiger partial charge in [0.25, 0.3) is 5.56 Å². The number of nitrogens with two attached hydrogens (primary N) is 1. The van der Waals surface area contributed by atoms with Crippen molar-refractivity contribution in [1.82, 2.24) is 14.5 Å². The number of hydrogen-bond acceptors (Lipinski definition) is 5. The number of rotatable bonds is 2. The second-order valence-electron chi connectivity index (χ2n) is 5.48. The predicted octanol–water partition coefficient (Wildman–Crippen LogP) is 2.40. The lowest BCUT2D eigenvalue weighted by molar-refractivity contribution is 0.1000. The molecule has 24 heavy (non-hydrogen) atoms. The minimum Gasteiger partial charge on any atom is -0.366 e. The van der Waals surface area contributed by atoms with Crippen LogP contribution in [0, 0.1) is 6.92 Å². The Kier molecular flexibility index (Phi) is 3.17. The van der Waals surface area contributed by atoms with Gasteiger partial charge in [-0.15, -0.1) is 11.3 Å². The third-order valence-electron chi connectivity index (χ3n) is 3.83. The van der Waals surface area contributed by atoms with Gasteiger partial charge in [-0.3, -0.25) is 14.2 Å². The van der Waals surface area contributed by atoms with Crippen molar-refractivity contribution < 1.29 is 4.79 Å². The first-order chi connectivity index (χ1) is 11.5. The molecule has 3 heterocycles. The van der Waals surface area contributed by atoms with Gasteiger partial charge in [-0.05, 0) is 25.1 Å². The number of aryl methyl sites for hydroxylation is 1. The number of amides is 1. The van der Waals surface area contributed by atoms with Crippen LogP contribution in [0.25, 0.3) is 26.1 Å². The number of hydrogen-bond donors (Lipinski definition) is 1. The van der Waals surface area contributed by atoms with Crippen LogP contribution in [-0.2, 0) is 0 Å². The van der Waals surface area contributed by atoms with Gasteiger partial charge < -0.3 is 5.73 Å². The van der Waals surface area contributed by atoms with E-state index in [0.717, 1.165) is 11.3 Å². The summed E-state index contributed by atoms with van der Waals surface area (Å²) >= 11 is 1.26. The molecule has 0 aliphatic heterocycles.